The Balaban J connectivity index is 2.01. The Morgan fingerprint density at radius 2 is 1.95 bits per heavy atom. The van der Waals surface area contributed by atoms with E-state index in [1.54, 1.807) is 7.11 Å². The van der Waals surface area contributed by atoms with E-state index in [9.17, 15) is 0 Å². The van der Waals surface area contributed by atoms with Crippen molar-refractivity contribution >= 4 is 11.5 Å². The van der Waals surface area contributed by atoms with Crippen LogP contribution in [-0.2, 0) is 0 Å². The van der Waals surface area contributed by atoms with Crippen molar-refractivity contribution in [3.8, 4) is 5.88 Å². The van der Waals surface area contributed by atoms with Crippen LogP contribution in [0.1, 0.15) is 13.8 Å². The summed E-state index contributed by atoms with van der Waals surface area (Å²) in [6.07, 6.45) is 1.50. The summed E-state index contributed by atoms with van der Waals surface area (Å²) in [5.74, 6) is 1.95. The van der Waals surface area contributed by atoms with E-state index in [1.807, 2.05) is 0 Å². The molecule has 2 N–H and O–H groups in total. The summed E-state index contributed by atoms with van der Waals surface area (Å²) < 4.78 is 5.14. The van der Waals surface area contributed by atoms with Crippen molar-refractivity contribution in [3.63, 3.8) is 0 Å². The van der Waals surface area contributed by atoms with Gasteiger partial charge < -0.3 is 15.4 Å². The molecule has 1 aromatic rings. The van der Waals surface area contributed by atoms with Crippen LogP contribution in [0.2, 0.25) is 0 Å². The Bertz CT molecular complexity index is 415. The lowest BCUT2D eigenvalue weighted by molar-refractivity contribution is 0.231. The number of ether oxygens (including phenoxy) is 1. The zero-order valence-corrected chi connectivity index (χ0v) is 12.0. The monoisotopic (exact) mass is 265 g/mol. The topological polar surface area (TPSA) is 67.5 Å². The van der Waals surface area contributed by atoms with Gasteiger partial charge in [0, 0.05) is 32.7 Å². The molecule has 0 atom stereocenters. The van der Waals surface area contributed by atoms with Crippen molar-refractivity contribution < 1.29 is 4.74 Å². The van der Waals surface area contributed by atoms with Gasteiger partial charge in [0.05, 0.1) is 7.11 Å². The fraction of sp³-hybridized carbons (Fsp3) is 0.692. The van der Waals surface area contributed by atoms with Gasteiger partial charge in [-0.1, -0.05) is 13.8 Å². The minimum atomic E-state index is 0.453. The maximum absolute atomic E-state index is 6.03. The van der Waals surface area contributed by atoms with Crippen LogP contribution < -0.4 is 15.4 Å². The molecule has 2 rings (SSSR count). The molecule has 19 heavy (non-hydrogen) atoms. The standard InChI is InChI=1S/C13H23N5O/c1-10(2)8-17-4-6-18(7-5-17)12-11(14)13(19-3)16-9-15-12/h9-10H,4-8,14H2,1-3H3. The number of hydrogen-bond donors (Lipinski definition) is 1. The predicted octanol–water partition coefficient (Wildman–Crippen LogP) is 0.845. The van der Waals surface area contributed by atoms with Gasteiger partial charge in [0.1, 0.15) is 12.0 Å². The minimum Gasteiger partial charge on any atom is -0.479 e. The second kappa shape index (κ2) is 6.06. The molecule has 0 spiro atoms. The van der Waals surface area contributed by atoms with Gasteiger partial charge in [-0.15, -0.1) is 0 Å². The second-order valence-electron chi connectivity index (χ2n) is 5.30. The highest BCUT2D eigenvalue weighted by atomic mass is 16.5. The summed E-state index contributed by atoms with van der Waals surface area (Å²) in [5, 5.41) is 0. The maximum atomic E-state index is 6.03. The third-order valence-corrected chi connectivity index (χ3v) is 3.31. The quantitative estimate of drug-likeness (QED) is 0.870. The Morgan fingerprint density at radius 3 is 2.53 bits per heavy atom. The highest BCUT2D eigenvalue weighted by Gasteiger charge is 2.21. The number of nitrogens with zero attached hydrogens (tertiary/aromatic N) is 4. The molecule has 1 fully saturated rings. The Morgan fingerprint density at radius 1 is 1.26 bits per heavy atom. The fourth-order valence-corrected chi connectivity index (χ4v) is 2.44. The molecule has 0 aromatic carbocycles. The molecule has 6 heteroatoms. The van der Waals surface area contributed by atoms with Gasteiger partial charge in [0.25, 0.3) is 0 Å². The molecular formula is C13H23N5O. The van der Waals surface area contributed by atoms with Gasteiger partial charge in [-0.05, 0) is 5.92 Å². The molecule has 0 saturated carbocycles. The van der Waals surface area contributed by atoms with Gasteiger partial charge in [-0.2, -0.15) is 4.98 Å². The smallest absolute Gasteiger partial charge is 0.242 e. The summed E-state index contributed by atoms with van der Waals surface area (Å²) in [5.41, 5.74) is 6.56. The van der Waals surface area contributed by atoms with Crippen LogP contribution in [0.25, 0.3) is 0 Å². The second-order valence-corrected chi connectivity index (χ2v) is 5.30. The Labute approximate surface area is 114 Å². The molecule has 0 bridgehead atoms. The minimum absolute atomic E-state index is 0.453. The summed E-state index contributed by atoms with van der Waals surface area (Å²) in [6.45, 7) is 9.62. The van der Waals surface area contributed by atoms with Gasteiger partial charge in [-0.3, -0.25) is 4.90 Å². The lowest BCUT2D eigenvalue weighted by atomic mass is 10.2. The van der Waals surface area contributed by atoms with Crippen LogP contribution in [0.4, 0.5) is 11.5 Å². The van der Waals surface area contributed by atoms with E-state index in [1.165, 1.54) is 6.33 Å². The number of piperazine rings is 1. The number of aromatic nitrogens is 2. The Kier molecular flexibility index (Phi) is 4.42. The average molecular weight is 265 g/mol. The van der Waals surface area contributed by atoms with E-state index >= 15 is 0 Å². The number of hydrogen-bond acceptors (Lipinski definition) is 6. The molecular weight excluding hydrogens is 242 g/mol. The largest absolute Gasteiger partial charge is 0.479 e. The highest BCUT2D eigenvalue weighted by molar-refractivity contribution is 5.67. The van der Waals surface area contributed by atoms with Crippen LogP contribution in [0, 0.1) is 5.92 Å². The molecule has 1 aliphatic heterocycles. The van der Waals surface area contributed by atoms with Crippen LogP contribution in [-0.4, -0.2) is 54.7 Å². The van der Waals surface area contributed by atoms with Gasteiger partial charge in [-0.25, -0.2) is 4.98 Å². The molecule has 106 valence electrons. The van der Waals surface area contributed by atoms with Crippen LogP contribution in [0.15, 0.2) is 6.33 Å². The lowest BCUT2D eigenvalue weighted by Crippen LogP contribution is -2.47. The molecule has 1 aliphatic rings. The van der Waals surface area contributed by atoms with Gasteiger partial charge in [0.15, 0.2) is 5.82 Å². The fourth-order valence-electron chi connectivity index (χ4n) is 2.44. The summed E-state index contributed by atoms with van der Waals surface area (Å²) >= 11 is 0. The summed E-state index contributed by atoms with van der Waals surface area (Å²) in [4.78, 5) is 13.0. The lowest BCUT2D eigenvalue weighted by Gasteiger charge is -2.36. The van der Waals surface area contributed by atoms with Crippen LogP contribution in [0.5, 0.6) is 5.88 Å². The first-order valence-corrected chi connectivity index (χ1v) is 6.73. The molecule has 1 saturated heterocycles. The Hall–Kier alpha value is -1.56. The normalized spacial score (nSPS) is 16.9. The third kappa shape index (κ3) is 3.26. The van der Waals surface area contributed by atoms with Crippen LogP contribution >= 0.6 is 0 Å². The maximum Gasteiger partial charge on any atom is 0.242 e. The van der Waals surface area contributed by atoms with Crippen molar-refractivity contribution in [2.75, 3.05) is 50.5 Å². The van der Waals surface area contributed by atoms with Crippen molar-refractivity contribution in [2.24, 2.45) is 5.92 Å². The van der Waals surface area contributed by atoms with E-state index in [4.69, 9.17) is 10.5 Å². The van der Waals surface area contributed by atoms with Crippen molar-refractivity contribution in [2.45, 2.75) is 13.8 Å². The molecule has 1 aromatic heterocycles. The predicted molar refractivity (Wildman–Crippen MR) is 76.5 cm³/mol. The van der Waals surface area contributed by atoms with Gasteiger partial charge in [0.2, 0.25) is 5.88 Å². The van der Waals surface area contributed by atoms with Crippen molar-refractivity contribution in [1.82, 2.24) is 14.9 Å². The first kappa shape index (κ1) is 13.9. The highest BCUT2D eigenvalue weighted by Crippen LogP contribution is 2.28. The van der Waals surface area contributed by atoms with Crippen molar-refractivity contribution in [1.29, 1.82) is 0 Å². The van der Waals surface area contributed by atoms with Gasteiger partial charge >= 0.3 is 0 Å². The van der Waals surface area contributed by atoms with E-state index in [-0.39, 0.29) is 0 Å². The summed E-state index contributed by atoms with van der Waals surface area (Å²) in [6, 6.07) is 0. The molecule has 6 nitrogen and oxygen atoms in total. The third-order valence-electron chi connectivity index (χ3n) is 3.31. The number of nitrogens with two attached hydrogens (primary N) is 1. The van der Waals surface area contributed by atoms with E-state index < -0.39 is 0 Å². The number of methoxy groups -OCH3 is 1. The number of nitrogen functional groups attached to an aromatic ring is 1. The van der Waals surface area contributed by atoms with Crippen molar-refractivity contribution in [3.05, 3.63) is 6.33 Å². The summed E-state index contributed by atoms with van der Waals surface area (Å²) in [7, 11) is 1.57. The van der Waals surface area contributed by atoms with E-state index in [0.29, 0.717) is 17.5 Å². The first-order valence-electron chi connectivity index (χ1n) is 6.73. The molecule has 0 unspecified atom stereocenters. The molecule has 0 aliphatic carbocycles. The average Bonchev–Trinajstić information content (AvgIpc) is 2.39. The number of anilines is 2. The van der Waals surface area contributed by atoms with E-state index in [2.05, 4.69) is 33.6 Å². The SMILES string of the molecule is COc1ncnc(N2CCN(CC(C)C)CC2)c1N. The van der Waals surface area contributed by atoms with E-state index in [0.717, 1.165) is 38.5 Å². The van der Waals surface area contributed by atoms with Crippen LogP contribution in [0.3, 0.4) is 0 Å². The molecule has 2 heterocycles. The molecule has 0 amide bonds. The first-order chi connectivity index (χ1) is 9.11. The number of rotatable bonds is 4. The zero-order chi connectivity index (χ0) is 13.8. The molecule has 0 radical (unpaired) electrons. The zero-order valence-electron chi connectivity index (χ0n) is 12.0.